The summed E-state index contributed by atoms with van der Waals surface area (Å²) in [6, 6.07) is 12.1. The molecule has 5 nitrogen and oxygen atoms in total. The van der Waals surface area contributed by atoms with Crippen LogP contribution in [0, 0.1) is 12.7 Å². The van der Waals surface area contributed by atoms with Crippen LogP contribution in [-0.2, 0) is 0 Å². The van der Waals surface area contributed by atoms with Gasteiger partial charge in [-0.3, -0.25) is 14.8 Å². The van der Waals surface area contributed by atoms with E-state index in [1.165, 1.54) is 12.1 Å². The number of benzene rings is 1. The molecule has 0 radical (unpaired) electrons. The van der Waals surface area contributed by atoms with Gasteiger partial charge in [-0.15, -0.1) is 0 Å². The fraction of sp³-hybridized carbons (Fsp3) is 0.0435. The minimum atomic E-state index is -0.413. The summed E-state index contributed by atoms with van der Waals surface area (Å²) in [6.45, 7) is 1.92. The van der Waals surface area contributed by atoms with Crippen LogP contribution in [0.1, 0.15) is 5.56 Å². The third-order valence-corrected chi connectivity index (χ3v) is 5.02. The van der Waals surface area contributed by atoms with Crippen molar-refractivity contribution < 1.29 is 4.39 Å². The number of hydrogen-bond donors (Lipinski definition) is 1. The predicted molar refractivity (Wildman–Crippen MR) is 111 cm³/mol. The van der Waals surface area contributed by atoms with Crippen LogP contribution < -0.4 is 5.43 Å². The van der Waals surface area contributed by atoms with E-state index in [9.17, 15) is 9.18 Å². The first kappa shape index (κ1) is 17.2. The van der Waals surface area contributed by atoms with Gasteiger partial charge in [0, 0.05) is 47.4 Å². The average molecular weight is 382 g/mol. The number of aromatic amines is 1. The number of nitrogens with one attached hydrogen (secondary N) is 1. The molecule has 0 spiro atoms. The highest BCUT2D eigenvalue weighted by molar-refractivity contribution is 5.94. The minimum absolute atomic E-state index is 0.145. The Morgan fingerprint density at radius 1 is 0.931 bits per heavy atom. The van der Waals surface area contributed by atoms with Crippen molar-refractivity contribution in [1.82, 2.24) is 19.9 Å². The van der Waals surface area contributed by atoms with Gasteiger partial charge in [-0.2, -0.15) is 0 Å². The molecule has 5 aromatic rings. The van der Waals surface area contributed by atoms with E-state index in [-0.39, 0.29) is 5.43 Å². The highest BCUT2D eigenvalue weighted by atomic mass is 19.1. The lowest BCUT2D eigenvalue weighted by molar-refractivity contribution is 0.637. The SMILES string of the molecule is Cc1ccnc2c(F)cc(-c3cc4c(=O)cc[nH]c4nc3-c3ccncc3)cc12. The van der Waals surface area contributed by atoms with E-state index in [0.29, 0.717) is 33.4 Å². The second-order valence-corrected chi connectivity index (χ2v) is 6.84. The lowest BCUT2D eigenvalue weighted by atomic mass is 9.96. The normalized spacial score (nSPS) is 11.2. The molecule has 0 unspecified atom stereocenters. The topological polar surface area (TPSA) is 71.5 Å². The summed E-state index contributed by atoms with van der Waals surface area (Å²) in [5, 5.41) is 1.17. The number of halogens is 1. The molecule has 0 fully saturated rings. The lowest BCUT2D eigenvalue weighted by Crippen LogP contribution is -2.03. The molecule has 1 aromatic carbocycles. The van der Waals surface area contributed by atoms with Crippen molar-refractivity contribution in [2.24, 2.45) is 0 Å². The van der Waals surface area contributed by atoms with Crippen molar-refractivity contribution in [3.05, 3.63) is 88.9 Å². The van der Waals surface area contributed by atoms with Gasteiger partial charge in [-0.05, 0) is 54.4 Å². The highest BCUT2D eigenvalue weighted by Crippen LogP contribution is 2.35. The molecule has 0 amide bonds. The zero-order chi connectivity index (χ0) is 20.0. The van der Waals surface area contributed by atoms with Crippen molar-refractivity contribution in [2.45, 2.75) is 6.92 Å². The van der Waals surface area contributed by atoms with Crippen molar-refractivity contribution in [3.8, 4) is 22.4 Å². The van der Waals surface area contributed by atoms with E-state index < -0.39 is 5.82 Å². The van der Waals surface area contributed by atoms with Gasteiger partial charge >= 0.3 is 0 Å². The maximum Gasteiger partial charge on any atom is 0.191 e. The van der Waals surface area contributed by atoms with E-state index in [4.69, 9.17) is 4.98 Å². The van der Waals surface area contributed by atoms with Crippen LogP contribution in [0.5, 0.6) is 0 Å². The molecule has 0 atom stereocenters. The van der Waals surface area contributed by atoms with Crippen molar-refractivity contribution in [3.63, 3.8) is 0 Å². The Hall–Kier alpha value is -3.93. The molecule has 0 aliphatic heterocycles. The molecule has 0 bridgehead atoms. The summed E-state index contributed by atoms with van der Waals surface area (Å²) >= 11 is 0. The summed E-state index contributed by atoms with van der Waals surface area (Å²) in [5.41, 5.74) is 4.35. The zero-order valence-electron chi connectivity index (χ0n) is 15.5. The van der Waals surface area contributed by atoms with Crippen LogP contribution in [-0.4, -0.2) is 19.9 Å². The van der Waals surface area contributed by atoms with Gasteiger partial charge in [0.15, 0.2) is 5.43 Å². The van der Waals surface area contributed by atoms with Gasteiger partial charge in [-0.1, -0.05) is 0 Å². The van der Waals surface area contributed by atoms with E-state index in [1.54, 1.807) is 30.9 Å². The number of nitrogens with zero attached hydrogens (tertiary/aromatic N) is 3. The molecular formula is C23H15FN4O. The van der Waals surface area contributed by atoms with E-state index in [0.717, 1.165) is 16.5 Å². The van der Waals surface area contributed by atoms with Crippen LogP contribution in [0.4, 0.5) is 4.39 Å². The number of fused-ring (bicyclic) bond motifs is 2. The lowest BCUT2D eigenvalue weighted by Gasteiger charge is -2.13. The van der Waals surface area contributed by atoms with Crippen molar-refractivity contribution in [1.29, 1.82) is 0 Å². The third-order valence-electron chi connectivity index (χ3n) is 5.02. The maximum absolute atomic E-state index is 14.9. The molecule has 6 heteroatoms. The van der Waals surface area contributed by atoms with Gasteiger partial charge in [0.25, 0.3) is 0 Å². The van der Waals surface area contributed by atoms with Crippen molar-refractivity contribution in [2.75, 3.05) is 0 Å². The molecule has 1 N–H and O–H groups in total. The molecule has 140 valence electrons. The van der Waals surface area contributed by atoms with Crippen LogP contribution in [0.3, 0.4) is 0 Å². The summed E-state index contributed by atoms with van der Waals surface area (Å²) < 4.78 is 14.9. The molecule has 29 heavy (non-hydrogen) atoms. The highest BCUT2D eigenvalue weighted by Gasteiger charge is 2.16. The van der Waals surface area contributed by atoms with E-state index in [2.05, 4.69) is 15.0 Å². The second kappa shape index (κ2) is 6.60. The smallest absolute Gasteiger partial charge is 0.191 e. The number of aryl methyl sites for hydroxylation is 1. The molecule has 0 saturated heterocycles. The number of H-pyrrole nitrogens is 1. The summed E-state index contributed by atoms with van der Waals surface area (Å²) in [4.78, 5) is 28.3. The molecule has 5 rings (SSSR count). The molecule has 4 aromatic heterocycles. The summed E-state index contributed by atoms with van der Waals surface area (Å²) in [6.07, 6.45) is 6.51. The molecule has 0 aliphatic rings. The molecule has 4 heterocycles. The predicted octanol–water partition coefficient (Wildman–Crippen LogP) is 4.65. The van der Waals surface area contributed by atoms with Gasteiger partial charge in [0.05, 0.1) is 11.1 Å². The number of hydrogen-bond acceptors (Lipinski definition) is 4. The van der Waals surface area contributed by atoms with Gasteiger partial charge < -0.3 is 4.98 Å². The van der Waals surface area contributed by atoms with E-state index in [1.807, 2.05) is 31.2 Å². The van der Waals surface area contributed by atoms with Gasteiger partial charge in [0.2, 0.25) is 0 Å². The minimum Gasteiger partial charge on any atom is -0.346 e. The van der Waals surface area contributed by atoms with Gasteiger partial charge in [-0.25, -0.2) is 9.37 Å². The quantitative estimate of drug-likeness (QED) is 0.482. The van der Waals surface area contributed by atoms with Crippen LogP contribution in [0.2, 0.25) is 0 Å². The Morgan fingerprint density at radius 3 is 2.59 bits per heavy atom. The summed E-state index contributed by atoms with van der Waals surface area (Å²) in [5.74, 6) is -0.413. The van der Waals surface area contributed by atoms with Crippen molar-refractivity contribution >= 4 is 21.9 Å². The first-order valence-corrected chi connectivity index (χ1v) is 9.10. The standard InChI is InChI=1S/C23H15FN4O/c1-13-2-8-26-22-16(13)10-15(11-19(22)24)17-12-18-20(29)5-9-27-23(18)28-21(17)14-3-6-25-7-4-14/h2-12H,1H3,(H,27,28,29). The fourth-order valence-corrected chi connectivity index (χ4v) is 3.55. The monoisotopic (exact) mass is 382 g/mol. The largest absolute Gasteiger partial charge is 0.346 e. The average Bonchev–Trinajstić information content (AvgIpc) is 2.74. The molecular weight excluding hydrogens is 367 g/mol. The Kier molecular flexibility index (Phi) is 3.91. The Balaban J connectivity index is 1.89. The Bertz CT molecular complexity index is 1440. The first-order chi connectivity index (χ1) is 14.1. The number of rotatable bonds is 2. The zero-order valence-corrected chi connectivity index (χ0v) is 15.5. The summed E-state index contributed by atoms with van der Waals surface area (Å²) in [7, 11) is 0. The Morgan fingerprint density at radius 2 is 1.76 bits per heavy atom. The van der Waals surface area contributed by atoms with Crippen LogP contribution in [0.25, 0.3) is 44.3 Å². The number of pyridine rings is 4. The molecule has 0 aliphatic carbocycles. The van der Waals surface area contributed by atoms with Crippen LogP contribution in [0.15, 0.2) is 72.0 Å². The van der Waals surface area contributed by atoms with Gasteiger partial charge in [0.1, 0.15) is 17.0 Å². The maximum atomic E-state index is 14.9. The third kappa shape index (κ3) is 2.86. The fourth-order valence-electron chi connectivity index (χ4n) is 3.55. The van der Waals surface area contributed by atoms with Crippen LogP contribution >= 0.6 is 0 Å². The van der Waals surface area contributed by atoms with E-state index >= 15 is 0 Å². The number of aromatic nitrogens is 4. The second-order valence-electron chi connectivity index (χ2n) is 6.84. The Labute approximate surface area is 164 Å². The molecule has 0 saturated carbocycles. The first-order valence-electron chi connectivity index (χ1n) is 9.10.